The smallest absolute Gasteiger partial charge is 0.295 e. The van der Waals surface area contributed by atoms with E-state index >= 15 is 0 Å². The second-order valence-corrected chi connectivity index (χ2v) is 10.6. The molecule has 0 aliphatic carbocycles. The summed E-state index contributed by atoms with van der Waals surface area (Å²) >= 11 is 0.974. The van der Waals surface area contributed by atoms with Gasteiger partial charge in [0, 0.05) is 7.05 Å². The van der Waals surface area contributed by atoms with Gasteiger partial charge in [-0.05, 0) is 54.0 Å². The Kier molecular flexibility index (Phi) is 4.92. The van der Waals surface area contributed by atoms with Crippen LogP contribution in [-0.4, -0.2) is 20.8 Å². The van der Waals surface area contributed by atoms with Crippen molar-refractivity contribution in [3.05, 3.63) is 70.4 Å². The Hall–Kier alpha value is -3.09. The molecule has 2 aromatic carbocycles. The van der Waals surface area contributed by atoms with E-state index in [1.807, 2.05) is 0 Å². The average molecular weight is 466 g/mol. The van der Waals surface area contributed by atoms with E-state index in [-0.39, 0.29) is 31.5 Å². The van der Waals surface area contributed by atoms with Crippen LogP contribution in [0.15, 0.2) is 80.1 Å². The van der Waals surface area contributed by atoms with Gasteiger partial charge in [-0.2, -0.15) is 8.42 Å². The Morgan fingerprint density at radius 3 is 2.20 bits per heavy atom. The van der Waals surface area contributed by atoms with Gasteiger partial charge in [-0.1, -0.05) is 12.1 Å². The fourth-order valence-electron chi connectivity index (χ4n) is 2.82. The summed E-state index contributed by atoms with van der Waals surface area (Å²) in [6, 6.07) is 12.9. The van der Waals surface area contributed by atoms with E-state index in [9.17, 15) is 21.6 Å². The Labute approximate surface area is 175 Å². The van der Waals surface area contributed by atoms with Crippen molar-refractivity contribution in [2.45, 2.75) is 9.99 Å². The maximum atomic E-state index is 12.9. The van der Waals surface area contributed by atoms with Gasteiger partial charge in [0.2, 0.25) is 5.09 Å². The first kappa shape index (κ1) is 20.2. The van der Waals surface area contributed by atoms with Crippen LogP contribution in [0, 0.1) is 0 Å². The van der Waals surface area contributed by atoms with Gasteiger partial charge in [-0.3, -0.25) is 18.2 Å². The molecule has 0 aliphatic rings. The lowest BCUT2D eigenvalue weighted by atomic mass is 10.2. The number of aryl methyl sites for hydroxylation is 1. The summed E-state index contributed by atoms with van der Waals surface area (Å²) < 4.78 is 61.6. The molecule has 0 saturated heterocycles. The van der Waals surface area contributed by atoms with E-state index in [1.54, 1.807) is 29.2 Å². The molecule has 30 heavy (non-hydrogen) atoms. The number of rotatable bonds is 6. The van der Waals surface area contributed by atoms with Crippen molar-refractivity contribution in [1.29, 1.82) is 0 Å². The first-order valence-electron chi connectivity index (χ1n) is 8.46. The summed E-state index contributed by atoms with van der Waals surface area (Å²) in [6.07, 6.45) is 1.22. The molecular weight excluding hydrogens is 450 g/mol. The molecule has 0 bridgehead atoms. The number of nitrogens with one attached hydrogen (secondary N) is 2. The summed E-state index contributed by atoms with van der Waals surface area (Å²) in [5.74, 6) is 0. The highest BCUT2D eigenvalue weighted by Gasteiger charge is 2.22. The molecule has 4 aromatic rings. The summed E-state index contributed by atoms with van der Waals surface area (Å²) in [7, 11) is -6.42. The highest BCUT2D eigenvalue weighted by molar-refractivity contribution is 7.93. The van der Waals surface area contributed by atoms with Gasteiger partial charge in [0.15, 0.2) is 0 Å². The number of para-hydroxylation sites is 2. The average Bonchev–Trinajstić information content (AvgIpc) is 3.32. The fourth-order valence-corrected chi connectivity index (χ4v) is 5.70. The van der Waals surface area contributed by atoms with Crippen molar-refractivity contribution in [3.63, 3.8) is 0 Å². The van der Waals surface area contributed by atoms with Gasteiger partial charge in [0.05, 0.1) is 33.4 Å². The molecule has 0 aliphatic heterocycles. The van der Waals surface area contributed by atoms with Gasteiger partial charge < -0.3 is 4.42 Å². The van der Waals surface area contributed by atoms with Gasteiger partial charge in [-0.25, -0.2) is 8.42 Å². The predicted octanol–water partition coefficient (Wildman–Crippen LogP) is 2.79. The van der Waals surface area contributed by atoms with Crippen LogP contribution in [-0.2, 0) is 27.1 Å². The number of sulfonamides is 2. The van der Waals surface area contributed by atoms with E-state index in [0.29, 0.717) is 5.52 Å². The lowest BCUT2D eigenvalue weighted by molar-refractivity contribution is 0.452. The molecule has 0 fully saturated rings. The molecule has 156 valence electrons. The molecule has 2 aromatic heterocycles. The third-order valence-corrected chi connectivity index (χ3v) is 7.70. The van der Waals surface area contributed by atoms with E-state index < -0.39 is 20.0 Å². The summed E-state index contributed by atoms with van der Waals surface area (Å²) in [6.45, 7) is 0. The van der Waals surface area contributed by atoms with Crippen LogP contribution in [0.3, 0.4) is 0 Å². The topological polar surface area (TPSA) is 127 Å². The molecule has 0 radical (unpaired) electrons. The lowest BCUT2D eigenvalue weighted by Gasteiger charge is -2.14. The Balaban J connectivity index is 1.69. The number of anilines is 2. The Bertz CT molecular complexity index is 1500. The van der Waals surface area contributed by atoms with E-state index in [1.165, 1.54) is 42.7 Å². The summed E-state index contributed by atoms with van der Waals surface area (Å²) in [5.41, 5.74) is 0.659. The second kappa shape index (κ2) is 7.31. The zero-order chi connectivity index (χ0) is 21.5. The number of fused-ring (bicyclic) bond motifs is 1. The monoisotopic (exact) mass is 465 g/mol. The lowest BCUT2D eigenvalue weighted by Crippen LogP contribution is -2.17. The molecule has 0 atom stereocenters. The summed E-state index contributed by atoms with van der Waals surface area (Å²) in [5, 5.41) is -0.0175. The molecule has 2 N–H and O–H groups in total. The third kappa shape index (κ3) is 3.72. The molecule has 4 rings (SSSR count). The first-order valence-corrected chi connectivity index (χ1v) is 12.2. The largest absolute Gasteiger partial charge is 0.451 e. The molecular formula is C18H15N3O6S3. The number of nitrogens with zero attached hydrogens (tertiary/aromatic N) is 1. The van der Waals surface area contributed by atoms with Crippen molar-refractivity contribution in [2.24, 2.45) is 7.05 Å². The minimum Gasteiger partial charge on any atom is -0.451 e. The maximum Gasteiger partial charge on any atom is 0.295 e. The van der Waals surface area contributed by atoms with Crippen molar-refractivity contribution in [2.75, 3.05) is 9.44 Å². The number of hydrogen-bond donors (Lipinski definition) is 2. The number of furan rings is 1. The molecule has 2 heterocycles. The molecule has 0 unspecified atom stereocenters. The highest BCUT2D eigenvalue weighted by Crippen LogP contribution is 2.28. The van der Waals surface area contributed by atoms with Crippen LogP contribution >= 0.6 is 11.5 Å². The van der Waals surface area contributed by atoms with Crippen LogP contribution in [0.5, 0.6) is 0 Å². The Morgan fingerprint density at radius 1 is 0.900 bits per heavy atom. The predicted molar refractivity (Wildman–Crippen MR) is 114 cm³/mol. The van der Waals surface area contributed by atoms with Gasteiger partial charge in [-0.15, -0.1) is 0 Å². The first-order chi connectivity index (χ1) is 14.2. The number of hydrogen-bond acceptors (Lipinski definition) is 7. The fraction of sp³-hybridized carbons (Fsp3) is 0.0556. The quantitative estimate of drug-likeness (QED) is 0.451. The van der Waals surface area contributed by atoms with Crippen molar-refractivity contribution in [1.82, 2.24) is 3.96 Å². The number of benzene rings is 2. The molecule has 0 amide bonds. The third-order valence-electron chi connectivity index (χ3n) is 4.23. The van der Waals surface area contributed by atoms with Crippen LogP contribution in [0.2, 0.25) is 0 Å². The summed E-state index contributed by atoms with van der Waals surface area (Å²) in [4.78, 5) is 11.9. The minimum absolute atomic E-state index is 0.0185. The zero-order valence-corrected chi connectivity index (χ0v) is 17.8. The second-order valence-electron chi connectivity index (χ2n) is 6.24. The van der Waals surface area contributed by atoms with Gasteiger partial charge >= 0.3 is 0 Å². The van der Waals surface area contributed by atoms with Crippen molar-refractivity contribution in [3.8, 4) is 0 Å². The zero-order valence-electron chi connectivity index (χ0n) is 15.4. The van der Waals surface area contributed by atoms with Crippen LogP contribution < -0.4 is 14.2 Å². The molecule has 9 nitrogen and oxygen atoms in total. The van der Waals surface area contributed by atoms with Crippen LogP contribution in [0.25, 0.3) is 10.9 Å². The standard InChI is InChI=1S/C18H15N3O6S3/c1-21-16-9-8-12(11-13(16)18(22)28-21)29(23,24)19-14-5-2-3-6-15(14)20-30(25,26)17-7-4-10-27-17/h2-11,19-20H,1H3. The van der Waals surface area contributed by atoms with Gasteiger partial charge in [0.1, 0.15) is 0 Å². The highest BCUT2D eigenvalue weighted by atomic mass is 32.2. The van der Waals surface area contributed by atoms with Crippen LogP contribution in [0.4, 0.5) is 11.4 Å². The molecule has 0 spiro atoms. The van der Waals surface area contributed by atoms with Gasteiger partial charge in [0.25, 0.3) is 24.8 Å². The molecule has 12 heteroatoms. The van der Waals surface area contributed by atoms with Crippen LogP contribution in [0.1, 0.15) is 0 Å². The maximum absolute atomic E-state index is 12.9. The molecule has 0 saturated carbocycles. The number of aromatic nitrogens is 1. The van der Waals surface area contributed by atoms with Crippen molar-refractivity contribution >= 4 is 53.9 Å². The van der Waals surface area contributed by atoms with Crippen molar-refractivity contribution < 1.29 is 21.3 Å². The normalized spacial score (nSPS) is 12.2. The minimum atomic E-state index is -4.10. The Morgan fingerprint density at radius 2 is 1.57 bits per heavy atom. The van der Waals surface area contributed by atoms with E-state index in [0.717, 1.165) is 11.5 Å². The van der Waals surface area contributed by atoms with E-state index in [2.05, 4.69) is 9.44 Å². The SMILES string of the molecule is Cn1sc(=O)c2cc(S(=O)(=O)Nc3ccccc3NS(=O)(=O)c3ccco3)ccc21. The van der Waals surface area contributed by atoms with E-state index in [4.69, 9.17) is 4.42 Å².